The van der Waals surface area contributed by atoms with Crippen molar-refractivity contribution in [2.24, 2.45) is 5.92 Å². The number of halogens is 2. The summed E-state index contributed by atoms with van der Waals surface area (Å²) in [6.07, 6.45) is 7.78. The summed E-state index contributed by atoms with van der Waals surface area (Å²) < 4.78 is 35.1. The van der Waals surface area contributed by atoms with E-state index >= 15 is 0 Å². The summed E-state index contributed by atoms with van der Waals surface area (Å²) in [6, 6.07) is 5.86. The number of hydrogen-bond donors (Lipinski definition) is 1. The summed E-state index contributed by atoms with van der Waals surface area (Å²) in [5, 5.41) is 13.6. The van der Waals surface area contributed by atoms with Crippen molar-refractivity contribution < 1.29 is 13.5 Å². The Hall–Kier alpha value is -4.02. The Kier molecular flexibility index (Phi) is 6.55. The van der Waals surface area contributed by atoms with Gasteiger partial charge in [-0.3, -0.25) is 4.98 Å². The molecule has 0 radical (unpaired) electrons. The van der Waals surface area contributed by atoms with E-state index in [0.29, 0.717) is 28.6 Å². The highest BCUT2D eigenvalue weighted by molar-refractivity contribution is 5.65. The molecule has 180 valence electrons. The smallest absolute Gasteiger partial charge is 0.225 e. The third kappa shape index (κ3) is 5.08. The molecule has 0 saturated carbocycles. The fraction of sp³-hybridized carbons (Fsp3) is 0.333. The average molecular weight is 479 g/mol. The van der Waals surface area contributed by atoms with Crippen molar-refractivity contribution in [1.82, 2.24) is 35.6 Å². The molecule has 0 spiro atoms. The predicted octanol–water partition coefficient (Wildman–Crippen LogP) is 3.85. The van der Waals surface area contributed by atoms with Gasteiger partial charge >= 0.3 is 0 Å². The van der Waals surface area contributed by atoms with Crippen molar-refractivity contribution in [3.05, 3.63) is 60.1 Å². The molecule has 9 nitrogen and oxygen atoms in total. The summed E-state index contributed by atoms with van der Waals surface area (Å²) >= 11 is 0. The number of H-pyrrole nitrogens is 1. The van der Waals surface area contributed by atoms with E-state index in [1.165, 1.54) is 18.3 Å². The second-order valence-electron chi connectivity index (χ2n) is 8.42. The zero-order chi connectivity index (χ0) is 24.2. The van der Waals surface area contributed by atoms with Gasteiger partial charge in [-0.25, -0.2) is 18.7 Å². The quantitative estimate of drug-likeness (QED) is 0.427. The first-order valence-electron chi connectivity index (χ1n) is 11.5. The Bertz CT molecular complexity index is 1230. The Morgan fingerprint density at radius 1 is 1.00 bits per heavy atom. The van der Waals surface area contributed by atoms with Crippen LogP contribution in [0.2, 0.25) is 0 Å². The van der Waals surface area contributed by atoms with E-state index in [9.17, 15) is 8.78 Å². The molecule has 4 aromatic rings. The zero-order valence-corrected chi connectivity index (χ0v) is 19.2. The first-order chi connectivity index (χ1) is 17.1. The third-order valence-electron chi connectivity index (χ3n) is 6.13. The first kappa shape index (κ1) is 22.8. The van der Waals surface area contributed by atoms with Crippen LogP contribution >= 0.6 is 0 Å². The number of aromatic nitrogens is 7. The highest BCUT2D eigenvalue weighted by Gasteiger charge is 2.23. The first-order valence-corrected chi connectivity index (χ1v) is 11.5. The zero-order valence-electron chi connectivity index (χ0n) is 19.2. The van der Waals surface area contributed by atoms with Crippen molar-refractivity contribution >= 4 is 5.95 Å². The minimum Gasteiger partial charge on any atom is -0.487 e. The van der Waals surface area contributed by atoms with Crippen LogP contribution in [0, 0.1) is 17.6 Å². The van der Waals surface area contributed by atoms with E-state index < -0.39 is 11.6 Å². The van der Waals surface area contributed by atoms with Gasteiger partial charge < -0.3 is 9.64 Å². The van der Waals surface area contributed by atoms with Crippen molar-refractivity contribution in [3.8, 4) is 28.4 Å². The number of anilines is 1. The van der Waals surface area contributed by atoms with E-state index in [1.54, 1.807) is 12.1 Å². The number of aromatic amines is 1. The van der Waals surface area contributed by atoms with Crippen molar-refractivity contribution in [1.29, 1.82) is 0 Å². The topological polar surface area (TPSA) is 106 Å². The van der Waals surface area contributed by atoms with E-state index in [1.807, 2.05) is 12.4 Å². The number of nitrogens with zero attached hydrogens (tertiary/aromatic N) is 7. The Labute approximate surface area is 200 Å². The molecule has 0 aliphatic carbocycles. The van der Waals surface area contributed by atoms with Gasteiger partial charge in [0.2, 0.25) is 11.8 Å². The molecule has 1 N–H and O–H groups in total. The monoisotopic (exact) mass is 478 g/mol. The molecule has 1 saturated heterocycles. The molecule has 0 unspecified atom stereocenters. The molecule has 1 aromatic carbocycles. The lowest BCUT2D eigenvalue weighted by Gasteiger charge is -2.31. The normalized spacial score (nSPS) is 14.3. The highest BCUT2D eigenvalue weighted by Crippen LogP contribution is 2.30. The van der Waals surface area contributed by atoms with Crippen molar-refractivity contribution in [3.63, 3.8) is 0 Å². The van der Waals surface area contributed by atoms with Crippen LogP contribution in [-0.2, 0) is 6.42 Å². The second kappa shape index (κ2) is 10.1. The van der Waals surface area contributed by atoms with Crippen molar-refractivity contribution in [2.45, 2.75) is 26.2 Å². The van der Waals surface area contributed by atoms with Crippen LogP contribution in [0.1, 0.15) is 25.3 Å². The fourth-order valence-corrected chi connectivity index (χ4v) is 4.03. The summed E-state index contributed by atoms with van der Waals surface area (Å²) in [5.41, 5.74) is 2.52. The largest absolute Gasteiger partial charge is 0.487 e. The Balaban J connectivity index is 1.19. The highest BCUT2D eigenvalue weighted by atomic mass is 19.1. The summed E-state index contributed by atoms with van der Waals surface area (Å²) in [7, 11) is 0. The number of benzene rings is 1. The summed E-state index contributed by atoms with van der Waals surface area (Å²) in [6.45, 7) is 3.86. The van der Waals surface area contributed by atoms with E-state index in [-0.39, 0.29) is 18.3 Å². The second-order valence-corrected chi connectivity index (χ2v) is 8.42. The van der Waals surface area contributed by atoms with E-state index in [2.05, 4.69) is 47.4 Å². The van der Waals surface area contributed by atoms with E-state index in [0.717, 1.165) is 37.9 Å². The molecule has 0 atom stereocenters. The van der Waals surface area contributed by atoms with Gasteiger partial charge in [0.25, 0.3) is 0 Å². The molecule has 1 fully saturated rings. The molecule has 4 heterocycles. The molecule has 5 rings (SSSR count). The molecular weight excluding hydrogens is 454 g/mol. The molecule has 35 heavy (non-hydrogen) atoms. The van der Waals surface area contributed by atoms with Crippen LogP contribution < -0.4 is 9.64 Å². The minimum atomic E-state index is -0.746. The standard InChI is InChI=1S/C24H24F2N8O/c1-2-15-11-28-24(29-12-15)34-7-5-16(6-8-34)14-35-22-19(25)9-18(10-20(22)26)17-3-4-21(27-13-17)23-30-32-33-31-23/h3-4,9-13,16H,2,5-8,14H2,1H3,(H,30,31,32,33). The van der Waals surface area contributed by atoms with Crippen LogP contribution in [0.4, 0.5) is 14.7 Å². The van der Waals surface area contributed by atoms with Gasteiger partial charge in [0, 0.05) is 37.2 Å². The number of tetrazole rings is 1. The van der Waals surface area contributed by atoms with E-state index in [4.69, 9.17) is 4.74 Å². The minimum absolute atomic E-state index is 0.196. The van der Waals surface area contributed by atoms with Crippen LogP contribution in [0.25, 0.3) is 22.6 Å². The number of piperidine rings is 1. The number of pyridine rings is 1. The lowest BCUT2D eigenvalue weighted by molar-refractivity contribution is 0.207. The maximum atomic E-state index is 14.8. The fourth-order valence-electron chi connectivity index (χ4n) is 4.03. The molecular formula is C24H24F2N8O. The third-order valence-corrected chi connectivity index (χ3v) is 6.13. The maximum Gasteiger partial charge on any atom is 0.225 e. The molecule has 1 aliphatic heterocycles. The lowest BCUT2D eigenvalue weighted by atomic mass is 9.98. The molecule has 3 aromatic heterocycles. The van der Waals surface area contributed by atoms with Gasteiger partial charge in [-0.05, 0) is 59.7 Å². The lowest BCUT2D eigenvalue weighted by Crippen LogP contribution is -2.36. The Morgan fingerprint density at radius 3 is 2.34 bits per heavy atom. The number of ether oxygens (including phenoxy) is 1. The number of hydrogen-bond acceptors (Lipinski definition) is 8. The van der Waals surface area contributed by atoms with Gasteiger partial charge in [0.05, 0.1) is 6.61 Å². The van der Waals surface area contributed by atoms with Crippen LogP contribution in [-0.4, -0.2) is 55.3 Å². The Morgan fingerprint density at radius 2 is 1.74 bits per heavy atom. The van der Waals surface area contributed by atoms with Crippen molar-refractivity contribution in [2.75, 3.05) is 24.6 Å². The maximum absolute atomic E-state index is 14.8. The molecule has 0 bridgehead atoms. The number of nitrogens with one attached hydrogen (secondary N) is 1. The van der Waals surface area contributed by atoms with Gasteiger partial charge in [0.15, 0.2) is 17.4 Å². The number of aryl methyl sites for hydroxylation is 1. The molecule has 11 heteroatoms. The predicted molar refractivity (Wildman–Crippen MR) is 125 cm³/mol. The van der Waals surface area contributed by atoms with Crippen LogP contribution in [0.15, 0.2) is 42.9 Å². The summed E-state index contributed by atoms with van der Waals surface area (Å²) in [5.74, 6) is -0.597. The van der Waals surface area contributed by atoms with Crippen LogP contribution in [0.3, 0.4) is 0 Å². The van der Waals surface area contributed by atoms with Crippen LogP contribution in [0.5, 0.6) is 5.75 Å². The molecule has 0 amide bonds. The van der Waals surface area contributed by atoms with Gasteiger partial charge in [0.1, 0.15) is 5.69 Å². The van der Waals surface area contributed by atoms with Gasteiger partial charge in [-0.1, -0.05) is 13.0 Å². The summed E-state index contributed by atoms with van der Waals surface area (Å²) in [4.78, 5) is 15.2. The SMILES string of the molecule is CCc1cnc(N2CCC(COc3c(F)cc(-c4ccc(-c5nn[nH]n5)nc4)cc3F)CC2)nc1. The average Bonchev–Trinajstić information content (AvgIpc) is 3.44. The van der Waals surface area contributed by atoms with Gasteiger partial charge in [-0.2, -0.15) is 5.21 Å². The number of rotatable bonds is 7. The molecule has 1 aliphatic rings. The van der Waals surface area contributed by atoms with Gasteiger partial charge in [-0.15, -0.1) is 10.2 Å².